The summed E-state index contributed by atoms with van der Waals surface area (Å²) in [7, 11) is -2.86. The number of hydrogen-bond acceptors (Lipinski definition) is 7. The molecule has 1 aromatic rings. The highest BCUT2D eigenvalue weighted by Crippen LogP contribution is 2.27. The molecule has 0 aliphatic carbocycles. The lowest BCUT2D eigenvalue weighted by Gasteiger charge is -2.27. The molecule has 8 nitrogen and oxygen atoms in total. The first-order valence-electron chi connectivity index (χ1n) is 8.57. The van der Waals surface area contributed by atoms with E-state index in [1.165, 1.54) is 19.2 Å². The number of benzene rings is 1. The fourth-order valence-corrected chi connectivity index (χ4v) is 3.93. The van der Waals surface area contributed by atoms with Gasteiger partial charge in [-0.15, -0.1) is 0 Å². The molecule has 0 spiro atoms. The SMILES string of the molecule is CI.COC(=O)[C@@H]1C[C@H](OS(=O)(=O)c2ccc(Br)cc2)CN1C(=O)OC(C)(C)C. The summed E-state index contributed by atoms with van der Waals surface area (Å²) in [6, 6.07) is 4.98. The normalized spacial score (nSPS) is 19.2. The molecule has 1 heterocycles. The molecule has 1 amide bonds. The number of amides is 1. The van der Waals surface area contributed by atoms with Crippen LogP contribution in [0.15, 0.2) is 33.6 Å². The van der Waals surface area contributed by atoms with Gasteiger partial charge in [0.2, 0.25) is 0 Å². The molecule has 0 N–H and O–H groups in total. The highest BCUT2D eigenvalue weighted by molar-refractivity contribution is 14.1. The number of alkyl halides is 1. The smallest absolute Gasteiger partial charge is 0.411 e. The summed E-state index contributed by atoms with van der Waals surface area (Å²) >= 11 is 5.38. The Morgan fingerprint density at radius 1 is 1.17 bits per heavy atom. The number of halogens is 2. The Kier molecular flexibility index (Phi) is 9.83. The Hall–Kier alpha value is -0.920. The predicted octanol–water partition coefficient (Wildman–Crippen LogP) is 3.76. The molecule has 29 heavy (non-hydrogen) atoms. The molecule has 0 radical (unpaired) electrons. The molecule has 164 valence electrons. The van der Waals surface area contributed by atoms with Crippen LogP contribution in [-0.2, 0) is 28.6 Å². The van der Waals surface area contributed by atoms with Gasteiger partial charge in [-0.25, -0.2) is 9.59 Å². The van der Waals surface area contributed by atoms with E-state index in [4.69, 9.17) is 13.7 Å². The van der Waals surface area contributed by atoms with Gasteiger partial charge in [-0.2, -0.15) is 8.42 Å². The monoisotopic (exact) mass is 605 g/mol. The number of carbonyl (C=O) groups excluding carboxylic acids is 2. The van der Waals surface area contributed by atoms with Crippen LogP contribution in [0.2, 0.25) is 0 Å². The van der Waals surface area contributed by atoms with Crippen molar-refractivity contribution in [3.8, 4) is 0 Å². The summed E-state index contributed by atoms with van der Waals surface area (Å²) in [6.45, 7) is 4.98. The molecule has 11 heteroatoms. The van der Waals surface area contributed by atoms with Gasteiger partial charge in [0.25, 0.3) is 10.1 Å². The lowest BCUT2D eigenvalue weighted by atomic mass is 10.2. The highest BCUT2D eigenvalue weighted by Gasteiger charge is 2.44. The Balaban J connectivity index is 0.00000204. The zero-order valence-electron chi connectivity index (χ0n) is 16.8. The van der Waals surface area contributed by atoms with Gasteiger partial charge in [0.1, 0.15) is 11.6 Å². The third-order valence-corrected chi connectivity index (χ3v) is 5.63. The summed E-state index contributed by atoms with van der Waals surface area (Å²) in [6.07, 6.45) is -1.64. The van der Waals surface area contributed by atoms with Crippen molar-refractivity contribution in [1.82, 2.24) is 4.90 Å². The van der Waals surface area contributed by atoms with Crippen molar-refractivity contribution in [2.45, 2.75) is 49.8 Å². The molecule has 1 fully saturated rings. The van der Waals surface area contributed by atoms with Crippen molar-refractivity contribution in [2.24, 2.45) is 0 Å². The van der Waals surface area contributed by atoms with E-state index in [9.17, 15) is 18.0 Å². The fraction of sp³-hybridized carbons (Fsp3) is 0.556. The van der Waals surface area contributed by atoms with Gasteiger partial charge in [-0.05, 0) is 50.0 Å². The lowest BCUT2D eigenvalue weighted by Crippen LogP contribution is -2.44. The van der Waals surface area contributed by atoms with E-state index in [0.717, 1.165) is 9.37 Å². The Labute approximate surface area is 193 Å². The average Bonchev–Trinajstić information content (AvgIpc) is 3.05. The lowest BCUT2D eigenvalue weighted by molar-refractivity contribution is -0.145. The standard InChI is InChI=1S/C17H22BrNO7S.CH3I/c1-17(2,3)25-16(21)19-10-12(9-14(19)15(20)24-4)26-27(22,23)13-7-5-11(18)6-8-13;1-2/h5-8,12,14H,9-10H2,1-4H3;1H3/t12-,14-;/m0./s1. The highest BCUT2D eigenvalue weighted by atomic mass is 127. The Morgan fingerprint density at radius 2 is 1.72 bits per heavy atom. The molecule has 1 aromatic carbocycles. The maximum atomic E-state index is 12.5. The molecule has 1 aliphatic heterocycles. The molecule has 1 saturated heterocycles. The summed E-state index contributed by atoms with van der Waals surface area (Å²) in [5.41, 5.74) is -0.764. The number of ether oxygens (including phenoxy) is 2. The second-order valence-corrected chi connectivity index (χ2v) is 9.52. The van der Waals surface area contributed by atoms with Crippen LogP contribution < -0.4 is 0 Å². The van der Waals surface area contributed by atoms with Gasteiger partial charge in [-0.1, -0.05) is 38.5 Å². The Bertz CT molecular complexity index is 808. The zero-order chi connectivity index (χ0) is 22.4. The zero-order valence-corrected chi connectivity index (χ0v) is 21.4. The number of carbonyl (C=O) groups is 2. The molecule has 0 bridgehead atoms. The maximum Gasteiger partial charge on any atom is 0.411 e. The van der Waals surface area contributed by atoms with Crippen molar-refractivity contribution in [2.75, 3.05) is 18.6 Å². The molecule has 2 rings (SSSR count). The van der Waals surface area contributed by atoms with E-state index >= 15 is 0 Å². The van der Waals surface area contributed by atoms with E-state index in [1.807, 2.05) is 4.93 Å². The number of nitrogens with zero attached hydrogens (tertiary/aromatic N) is 1. The Morgan fingerprint density at radius 3 is 2.21 bits per heavy atom. The number of likely N-dealkylation sites (tertiary alicyclic amines) is 1. The molecular formula is C18H25BrINO7S. The van der Waals surface area contributed by atoms with Crippen LogP contribution in [-0.4, -0.2) is 61.7 Å². The largest absolute Gasteiger partial charge is 0.467 e. The van der Waals surface area contributed by atoms with Crippen LogP contribution in [0.25, 0.3) is 0 Å². The molecule has 0 aromatic heterocycles. The topological polar surface area (TPSA) is 99.2 Å². The fourth-order valence-electron chi connectivity index (χ4n) is 2.58. The van der Waals surface area contributed by atoms with Crippen LogP contribution >= 0.6 is 38.5 Å². The first-order valence-corrected chi connectivity index (χ1v) is 12.9. The molecular weight excluding hydrogens is 581 g/mol. The van der Waals surface area contributed by atoms with Gasteiger partial charge >= 0.3 is 12.1 Å². The minimum absolute atomic E-state index is 0.0122. The molecule has 1 aliphatic rings. The summed E-state index contributed by atoms with van der Waals surface area (Å²) in [5.74, 6) is -0.659. The number of hydrogen-bond donors (Lipinski definition) is 0. The van der Waals surface area contributed by atoms with E-state index in [1.54, 1.807) is 32.9 Å². The molecule has 0 saturated carbocycles. The second kappa shape index (κ2) is 10.9. The van der Waals surface area contributed by atoms with Crippen LogP contribution in [0.3, 0.4) is 0 Å². The third-order valence-electron chi connectivity index (χ3n) is 3.73. The minimum atomic E-state index is -4.05. The van der Waals surface area contributed by atoms with Gasteiger partial charge in [0.05, 0.1) is 24.7 Å². The van der Waals surface area contributed by atoms with Gasteiger partial charge in [0.15, 0.2) is 0 Å². The van der Waals surface area contributed by atoms with Crippen molar-refractivity contribution in [3.05, 3.63) is 28.7 Å². The number of methoxy groups -OCH3 is 1. The number of rotatable bonds is 4. The van der Waals surface area contributed by atoms with E-state index in [2.05, 4.69) is 38.5 Å². The average molecular weight is 606 g/mol. The van der Waals surface area contributed by atoms with Crippen LogP contribution in [0.5, 0.6) is 0 Å². The third kappa shape index (κ3) is 7.68. The van der Waals surface area contributed by atoms with Crippen molar-refractivity contribution < 1.29 is 31.7 Å². The first kappa shape index (κ1) is 26.1. The van der Waals surface area contributed by atoms with Gasteiger partial charge in [0, 0.05) is 10.9 Å². The van der Waals surface area contributed by atoms with Crippen LogP contribution in [0, 0.1) is 0 Å². The van der Waals surface area contributed by atoms with Crippen LogP contribution in [0.4, 0.5) is 4.79 Å². The van der Waals surface area contributed by atoms with Crippen molar-refractivity contribution >= 4 is 60.7 Å². The molecule has 2 atom stereocenters. The van der Waals surface area contributed by atoms with Gasteiger partial charge in [-0.3, -0.25) is 9.08 Å². The molecule has 0 unspecified atom stereocenters. The van der Waals surface area contributed by atoms with Gasteiger partial charge < -0.3 is 9.47 Å². The summed E-state index contributed by atoms with van der Waals surface area (Å²) in [4.78, 5) is 27.5. The quantitative estimate of drug-likeness (QED) is 0.223. The first-order chi connectivity index (χ1) is 13.4. The van der Waals surface area contributed by atoms with Crippen molar-refractivity contribution in [1.29, 1.82) is 0 Å². The van der Waals surface area contributed by atoms with E-state index in [-0.39, 0.29) is 17.9 Å². The van der Waals surface area contributed by atoms with E-state index < -0.39 is 39.9 Å². The van der Waals surface area contributed by atoms with Crippen molar-refractivity contribution in [3.63, 3.8) is 0 Å². The second-order valence-electron chi connectivity index (χ2n) is 7.03. The minimum Gasteiger partial charge on any atom is -0.467 e. The summed E-state index contributed by atoms with van der Waals surface area (Å²) in [5, 5.41) is 0. The van der Waals surface area contributed by atoms with Crippen LogP contribution in [0.1, 0.15) is 27.2 Å². The predicted molar refractivity (Wildman–Crippen MR) is 120 cm³/mol. The number of esters is 1. The maximum absolute atomic E-state index is 12.5. The summed E-state index contributed by atoms with van der Waals surface area (Å²) < 4.78 is 40.9. The van der Waals surface area contributed by atoms with E-state index in [0.29, 0.717) is 0 Å².